The summed E-state index contributed by atoms with van der Waals surface area (Å²) in [5.74, 6) is 1.69. The van der Waals surface area contributed by atoms with E-state index in [2.05, 4.69) is 24.4 Å². The molecule has 1 aliphatic heterocycles. The first-order valence-electron chi connectivity index (χ1n) is 10.1. The van der Waals surface area contributed by atoms with E-state index in [-0.39, 0.29) is 18.2 Å². The monoisotopic (exact) mass is 401 g/mol. The lowest BCUT2D eigenvalue weighted by atomic mass is 10.0. The minimum absolute atomic E-state index is 0.0897. The number of nitrogens with one attached hydrogen (secondary N) is 1. The average molecular weight is 402 g/mol. The third-order valence-corrected chi connectivity index (χ3v) is 6.45. The number of aromatic nitrogens is 1. The number of nitrogens with zero attached hydrogens (tertiary/aromatic N) is 2. The standard InChI is InChI=1S/C21H27N3O3S/c1-4-7-15-18(19(25)24(5-2)6-3)28-20(22-15)23-21(10-11-21)14-8-9-16-17(12-14)27-13-26-16/h8-9,12H,4-7,10-11,13H2,1-3H3,(H,22,23). The van der Waals surface area contributed by atoms with Crippen LogP contribution in [0.25, 0.3) is 0 Å². The molecule has 2 aromatic rings. The summed E-state index contributed by atoms with van der Waals surface area (Å²) in [7, 11) is 0. The minimum Gasteiger partial charge on any atom is -0.454 e. The van der Waals surface area contributed by atoms with E-state index in [9.17, 15) is 4.79 Å². The molecule has 0 radical (unpaired) electrons. The largest absolute Gasteiger partial charge is 0.454 e. The Balaban J connectivity index is 1.59. The van der Waals surface area contributed by atoms with Gasteiger partial charge in [0.05, 0.1) is 11.2 Å². The number of hydrogen-bond acceptors (Lipinski definition) is 6. The predicted octanol–water partition coefficient (Wildman–Crippen LogP) is 4.41. The molecule has 1 aromatic carbocycles. The zero-order valence-corrected chi connectivity index (χ0v) is 17.5. The highest BCUT2D eigenvalue weighted by atomic mass is 32.1. The van der Waals surface area contributed by atoms with Gasteiger partial charge in [-0.3, -0.25) is 4.79 Å². The van der Waals surface area contributed by atoms with Crippen molar-refractivity contribution in [2.24, 2.45) is 0 Å². The number of benzene rings is 1. The second-order valence-corrected chi connectivity index (χ2v) is 8.30. The van der Waals surface area contributed by atoms with Gasteiger partial charge >= 0.3 is 0 Å². The first-order valence-corrected chi connectivity index (χ1v) is 10.9. The summed E-state index contributed by atoms with van der Waals surface area (Å²) in [4.78, 5) is 20.4. The number of aryl methyl sites for hydroxylation is 1. The number of fused-ring (bicyclic) bond motifs is 1. The lowest BCUT2D eigenvalue weighted by molar-refractivity contribution is 0.0776. The summed E-state index contributed by atoms with van der Waals surface area (Å²) < 4.78 is 11.0. The first kappa shape index (κ1) is 19.1. The summed E-state index contributed by atoms with van der Waals surface area (Å²) in [6.07, 6.45) is 3.86. The Hall–Kier alpha value is -2.28. The first-order chi connectivity index (χ1) is 13.6. The molecule has 0 spiro atoms. The Morgan fingerprint density at radius 1 is 1.21 bits per heavy atom. The van der Waals surface area contributed by atoms with E-state index in [1.54, 1.807) is 0 Å². The molecule has 2 heterocycles. The van der Waals surface area contributed by atoms with Crippen molar-refractivity contribution in [3.63, 3.8) is 0 Å². The smallest absolute Gasteiger partial charge is 0.265 e. The second-order valence-electron chi connectivity index (χ2n) is 7.30. The van der Waals surface area contributed by atoms with Crippen molar-refractivity contribution < 1.29 is 14.3 Å². The highest BCUT2D eigenvalue weighted by molar-refractivity contribution is 7.17. The Morgan fingerprint density at radius 3 is 2.64 bits per heavy atom. The third kappa shape index (κ3) is 3.43. The lowest BCUT2D eigenvalue weighted by Gasteiger charge is -2.18. The van der Waals surface area contributed by atoms with Crippen LogP contribution in [0.5, 0.6) is 11.5 Å². The van der Waals surface area contributed by atoms with E-state index in [0.29, 0.717) is 13.1 Å². The molecule has 0 bridgehead atoms. The van der Waals surface area contributed by atoms with E-state index >= 15 is 0 Å². The van der Waals surface area contributed by atoms with Crippen LogP contribution in [0.15, 0.2) is 18.2 Å². The molecule has 0 saturated heterocycles. The molecule has 0 unspecified atom stereocenters. The van der Waals surface area contributed by atoms with Gasteiger partial charge < -0.3 is 19.7 Å². The fourth-order valence-electron chi connectivity index (χ4n) is 3.64. The molecule has 2 aliphatic rings. The molecule has 4 rings (SSSR count). The van der Waals surface area contributed by atoms with Crippen LogP contribution in [-0.4, -0.2) is 35.7 Å². The molecule has 0 atom stereocenters. The lowest BCUT2D eigenvalue weighted by Crippen LogP contribution is -2.30. The second kappa shape index (κ2) is 7.62. The van der Waals surface area contributed by atoms with Crippen molar-refractivity contribution in [2.75, 3.05) is 25.2 Å². The van der Waals surface area contributed by atoms with E-state index in [1.807, 2.05) is 24.8 Å². The Morgan fingerprint density at radius 2 is 1.96 bits per heavy atom. The van der Waals surface area contributed by atoms with Gasteiger partial charge in [0.15, 0.2) is 16.6 Å². The van der Waals surface area contributed by atoms with Crippen molar-refractivity contribution in [1.82, 2.24) is 9.88 Å². The van der Waals surface area contributed by atoms with Crippen molar-refractivity contribution in [1.29, 1.82) is 0 Å². The van der Waals surface area contributed by atoms with Gasteiger partial charge in [0.2, 0.25) is 6.79 Å². The van der Waals surface area contributed by atoms with Crippen molar-refractivity contribution in [3.8, 4) is 11.5 Å². The Kier molecular flexibility index (Phi) is 5.19. The normalized spacial score (nSPS) is 16.1. The van der Waals surface area contributed by atoms with Crippen LogP contribution in [0.4, 0.5) is 5.13 Å². The maximum absolute atomic E-state index is 12.9. The highest BCUT2D eigenvalue weighted by Gasteiger charge is 2.46. The molecule has 6 nitrogen and oxygen atoms in total. The van der Waals surface area contributed by atoms with Gasteiger partial charge in [-0.25, -0.2) is 4.98 Å². The number of thiazole rings is 1. The fourth-order valence-corrected chi connectivity index (χ4v) is 4.72. The number of carbonyl (C=O) groups is 1. The van der Waals surface area contributed by atoms with Crippen LogP contribution < -0.4 is 14.8 Å². The van der Waals surface area contributed by atoms with Crippen LogP contribution in [0.2, 0.25) is 0 Å². The maximum Gasteiger partial charge on any atom is 0.265 e. The van der Waals surface area contributed by atoms with Crippen LogP contribution in [0, 0.1) is 0 Å². The topological polar surface area (TPSA) is 63.7 Å². The van der Waals surface area contributed by atoms with E-state index < -0.39 is 0 Å². The minimum atomic E-state index is -0.127. The van der Waals surface area contributed by atoms with Crippen LogP contribution in [-0.2, 0) is 12.0 Å². The van der Waals surface area contributed by atoms with Crippen molar-refractivity contribution in [2.45, 2.75) is 52.0 Å². The molecule has 150 valence electrons. The summed E-state index contributed by atoms with van der Waals surface area (Å²) in [5.41, 5.74) is 1.96. The molecule has 1 fully saturated rings. The zero-order chi connectivity index (χ0) is 19.7. The van der Waals surface area contributed by atoms with Gasteiger partial charge in [0.25, 0.3) is 5.91 Å². The number of carbonyl (C=O) groups excluding carboxylic acids is 1. The number of rotatable bonds is 8. The predicted molar refractivity (Wildman–Crippen MR) is 110 cm³/mol. The van der Waals surface area contributed by atoms with Crippen LogP contribution >= 0.6 is 11.3 Å². The molecule has 1 aliphatic carbocycles. The van der Waals surface area contributed by atoms with Crippen LogP contribution in [0.3, 0.4) is 0 Å². The Labute approximate surface area is 169 Å². The summed E-state index contributed by atoms with van der Waals surface area (Å²) in [6, 6.07) is 6.13. The number of amides is 1. The van der Waals surface area contributed by atoms with Gasteiger partial charge in [-0.15, -0.1) is 0 Å². The molecular formula is C21H27N3O3S. The van der Waals surface area contributed by atoms with Gasteiger partial charge in [-0.2, -0.15) is 0 Å². The quantitative estimate of drug-likeness (QED) is 0.710. The van der Waals surface area contributed by atoms with Gasteiger partial charge in [0.1, 0.15) is 4.88 Å². The molecular weight excluding hydrogens is 374 g/mol. The maximum atomic E-state index is 12.9. The Bertz CT molecular complexity index is 872. The molecule has 1 amide bonds. The number of hydrogen-bond donors (Lipinski definition) is 1. The zero-order valence-electron chi connectivity index (χ0n) is 16.7. The molecule has 1 N–H and O–H groups in total. The third-order valence-electron chi connectivity index (χ3n) is 5.45. The van der Waals surface area contributed by atoms with Gasteiger partial charge in [0, 0.05) is 13.1 Å². The number of anilines is 1. The molecule has 28 heavy (non-hydrogen) atoms. The van der Waals surface area contributed by atoms with E-state index in [0.717, 1.165) is 52.9 Å². The van der Waals surface area contributed by atoms with E-state index in [4.69, 9.17) is 14.5 Å². The fraction of sp³-hybridized carbons (Fsp3) is 0.524. The highest BCUT2D eigenvalue weighted by Crippen LogP contribution is 2.51. The average Bonchev–Trinajstić information content (AvgIpc) is 3.14. The van der Waals surface area contributed by atoms with Gasteiger partial charge in [-0.05, 0) is 50.8 Å². The van der Waals surface area contributed by atoms with Gasteiger partial charge in [-0.1, -0.05) is 30.7 Å². The van der Waals surface area contributed by atoms with Crippen molar-refractivity contribution in [3.05, 3.63) is 34.3 Å². The summed E-state index contributed by atoms with van der Waals surface area (Å²) in [5, 5.41) is 4.45. The summed E-state index contributed by atoms with van der Waals surface area (Å²) >= 11 is 1.48. The molecule has 1 aromatic heterocycles. The summed E-state index contributed by atoms with van der Waals surface area (Å²) in [6.45, 7) is 7.85. The SMILES string of the molecule is CCCc1nc(NC2(c3ccc4c(c3)OCO4)CC2)sc1C(=O)N(CC)CC. The molecule has 7 heteroatoms. The number of ether oxygens (including phenoxy) is 2. The van der Waals surface area contributed by atoms with Crippen molar-refractivity contribution >= 4 is 22.4 Å². The van der Waals surface area contributed by atoms with Crippen LogP contribution in [0.1, 0.15) is 61.0 Å². The van der Waals surface area contributed by atoms with E-state index in [1.165, 1.54) is 16.9 Å². The molecule has 1 saturated carbocycles.